The van der Waals surface area contributed by atoms with Crippen molar-refractivity contribution in [2.75, 3.05) is 17.2 Å². The quantitative estimate of drug-likeness (QED) is 0.708. The third-order valence-electron chi connectivity index (χ3n) is 4.51. The lowest BCUT2D eigenvalue weighted by atomic mass is 10.1. The maximum absolute atomic E-state index is 12.7. The van der Waals surface area contributed by atoms with Crippen molar-refractivity contribution in [2.45, 2.75) is 13.0 Å². The lowest BCUT2D eigenvalue weighted by Crippen LogP contribution is -2.40. The summed E-state index contributed by atoms with van der Waals surface area (Å²) in [4.78, 5) is 25.5. The Balaban J connectivity index is 1.48. The number of amides is 2. The number of nitrogens with one attached hydrogen (secondary N) is 2. The first-order valence-electron chi connectivity index (χ1n) is 9.26. The molecule has 0 aliphatic carbocycles. The molecule has 0 bridgehead atoms. The molecule has 0 spiro atoms. The van der Waals surface area contributed by atoms with Gasteiger partial charge in [-0.3, -0.25) is 9.59 Å². The number of benzene rings is 3. The van der Waals surface area contributed by atoms with Crippen LogP contribution in [0.1, 0.15) is 15.9 Å². The highest BCUT2D eigenvalue weighted by molar-refractivity contribution is 6.10. The van der Waals surface area contributed by atoms with Crippen LogP contribution in [0.15, 0.2) is 72.8 Å². The van der Waals surface area contributed by atoms with E-state index in [9.17, 15) is 9.59 Å². The van der Waals surface area contributed by atoms with Crippen LogP contribution in [0.25, 0.3) is 0 Å². The second-order valence-corrected chi connectivity index (χ2v) is 6.72. The van der Waals surface area contributed by atoms with Gasteiger partial charge in [-0.1, -0.05) is 36.4 Å². The fraction of sp³-hybridized carbons (Fsp3) is 0.130. The highest BCUT2D eigenvalue weighted by Crippen LogP contribution is 2.31. The molecule has 29 heavy (non-hydrogen) atoms. The molecule has 1 aliphatic rings. The third-order valence-corrected chi connectivity index (χ3v) is 4.51. The van der Waals surface area contributed by atoms with Gasteiger partial charge in [-0.25, -0.2) is 0 Å². The highest BCUT2D eigenvalue weighted by atomic mass is 16.6. The Morgan fingerprint density at radius 1 is 0.897 bits per heavy atom. The van der Waals surface area contributed by atoms with Gasteiger partial charge in [-0.15, -0.1) is 0 Å². The maximum Gasteiger partial charge on any atom is 0.269 e. The molecule has 6 heteroatoms. The van der Waals surface area contributed by atoms with Crippen LogP contribution in [0.3, 0.4) is 0 Å². The Kier molecular flexibility index (Phi) is 5.16. The van der Waals surface area contributed by atoms with Crippen LogP contribution in [0.2, 0.25) is 0 Å². The van der Waals surface area contributed by atoms with E-state index in [0.717, 1.165) is 5.56 Å². The first-order valence-corrected chi connectivity index (χ1v) is 9.26. The van der Waals surface area contributed by atoms with Crippen molar-refractivity contribution in [2.24, 2.45) is 0 Å². The van der Waals surface area contributed by atoms with Crippen molar-refractivity contribution in [1.29, 1.82) is 0 Å². The van der Waals surface area contributed by atoms with Crippen molar-refractivity contribution in [3.63, 3.8) is 0 Å². The second-order valence-electron chi connectivity index (χ2n) is 6.72. The first-order chi connectivity index (χ1) is 14.1. The molecule has 6 nitrogen and oxygen atoms in total. The molecule has 146 valence electrons. The summed E-state index contributed by atoms with van der Waals surface area (Å²) < 4.78 is 11.3. The molecule has 3 aromatic carbocycles. The summed E-state index contributed by atoms with van der Waals surface area (Å²) in [6.45, 7) is 2.05. The van der Waals surface area contributed by atoms with Crippen LogP contribution >= 0.6 is 0 Å². The van der Waals surface area contributed by atoms with Gasteiger partial charge in [0.05, 0.1) is 11.3 Å². The molecular formula is C23H20N2O4. The fourth-order valence-corrected chi connectivity index (χ4v) is 3.07. The van der Waals surface area contributed by atoms with Crippen molar-refractivity contribution in [3.05, 3.63) is 83.9 Å². The van der Waals surface area contributed by atoms with E-state index in [1.54, 1.807) is 36.4 Å². The predicted octanol–water partition coefficient (Wildman–Crippen LogP) is 4.03. The molecular weight excluding hydrogens is 368 g/mol. The van der Waals surface area contributed by atoms with E-state index < -0.39 is 6.10 Å². The molecule has 3 aromatic rings. The smallest absolute Gasteiger partial charge is 0.269 e. The van der Waals surface area contributed by atoms with Crippen LogP contribution in [-0.2, 0) is 4.79 Å². The summed E-state index contributed by atoms with van der Waals surface area (Å²) in [5, 5.41) is 5.64. The zero-order chi connectivity index (χ0) is 20.2. The van der Waals surface area contributed by atoms with Gasteiger partial charge in [0.2, 0.25) is 6.10 Å². The van der Waals surface area contributed by atoms with Crippen LogP contribution in [0, 0.1) is 6.92 Å². The molecule has 1 heterocycles. The van der Waals surface area contributed by atoms with Crippen molar-refractivity contribution >= 4 is 23.2 Å². The van der Waals surface area contributed by atoms with Gasteiger partial charge in [0.15, 0.2) is 11.5 Å². The normalized spacial score (nSPS) is 14.7. The second kappa shape index (κ2) is 8.06. The SMILES string of the molecule is Cc1cccc(NC(=O)c2ccccc2NC(=O)[C@H]2COc3ccccc3O2)c1. The number of carbonyl (C=O) groups is 2. The monoisotopic (exact) mass is 388 g/mol. The maximum atomic E-state index is 12.7. The highest BCUT2D eigenvalue weighted by Gasteiger charge is 2.28. The Morgan fingerprint density at radius 2 is 1.66 bits per heavy atom. The van der Waals surface area contributed by atoms with Gasteiger partial charge in [-0.05, 0) is 48.9 Å². The number of rotatable bonds is 4. The van der Waals surface area contributed by atoms with Gasteiger partial charge >= 0.3 is 0 Å². The summed E-state index contributed by atoms with van der Waals surface area (Å²) in [6.07, 6.45) is -0.808. The number of para-hydroxylation sites is 3. The number of hydrogen-bond donors (Lipinski definition) is 2. The number of fused-ring (bicyclic) bond motifs is 1. The zero-order valence-corrected chi connectivity index (χ0v) is 15.8. The number of carbonyl (C=O) groups excluding carboxylic acids is 2. The third kappa shape index (κ3) is 4.21. The summed E-state index contributed by atoms with van der Waals surface area (Å²) >= 11 is 0. The van der Waals surface area contributed by atoms with E-state index in [4.69, 9.17) is 9.47 Å². The van der Waals surface area contributed by atoms with Gasteiger partial charge in [-0.2, -0.15) is 0 Å². The Labute approximate surface area is 168 Å². The van der Waals surface area contributed by atoms with Crippen molar-refractivity contribution < 1.29 is 19.1 Å². The van der Waals surface area contributed by atoms with E-state index in [2.05, 4.69) is 10.6 Å². The molecule has 0 saturated carbocycles. The molecule has 0 radical (unpaired) electrons. The number of hydrogen-bond acceptors (Lipinski definition) is 4. The molecule has 2 N–H and O–H groups in total. The number of ether oxygens (including phenoxy) is 2. The Morgan fingerprint density at radius 3 is 2.48 bits per heavy atom. The lowest BCUT2D eigenvalue weighted by Gasteiger charge is -2.25. The minimum Gasteiger partial charge on any atom is -0.485 e. The van der Waals surface area contributed by atoms with E-state index in [0.29, 0.717) is 28.4 Å². The first kappa shape index (κ1) is 18.6. The molecule has 0 aromatic heterocycles. The minimum atomic E-state index is -0.808. The molecule has 1 atom stereocenters. The fourth-order valence-electron chi connectivity index (χ4n) is 3.07. The van der Waals surface area contributed by atoms with Crippen LogP contribution in [0.5, 0.6) is 11.5 Å². The summed E-state index contributed by atoms with van der Waals surface area (Å²) in [5.41, 5.74) is 2.50. The van der Waals surface area contributed by atoms with Gasteiger partial charge in [0, 0.05) is 5.69 Å². The molecule has 0 unspecified atom stereocenters. The van der Waals surface area contributed by atoms with Gasteiger partial charge in [0.1, 0.15) is 6.61 Å². The number of anilines is 2. The van der Waals surface area contributed by atoms with E-state index >= 15 is 0 Å². The molecule has 2 amide bonds. The van der Waals surface area contributed by atoms with E-state index in [1.807, 2.05) is 43.3 Å². The van der Waals surface area contributed by atoms with E-state index in [1.165, 1.54) is 0 Å². The summed E-state index contributed by atoms with van der Waals surface area (Å²) in [5.74, 6) is 0.437. The Bertz CT molecular complexity index is 1060. The summed E-state index contributed by atoms with van der Waals surface area (Å²) in [7, 11) is 0. The summed E-state index contributed by atoms with van der Waals surface area (Å²) in [6, 6.07) is 21.6. The molecule has 1 aliphatic heterocycles. The van der Waals surface area contributed by atoms with Gasteiger partial charge < -0.3 is 20.1 Å². The topological polar surface area (TPSA) is 76.7 Å². The van der Waals surface area contributed by atoms with E-state index in [-0.39, 0.29) is 18.4 Å². The largest absolute Gasteiger partial charge is 0.485 e. The standard InChI is InChI=1S/C23H20N2O4/c1-15-7-6-8-16(13-15)24-22(26)17-9-2-3-10-18(17)25-23(27)21-14-28-19-11-4-5-12-20(19)29-21/h2-13,21H,14H2,1H3,(H,24,26)(H,25,27)/t21-/m1/s1. The van der Waals surface area contributed by atoms with Crippen LogP contribution in [0.4, 0.5) is 11.4 Å². The number of aryl methyl sites for hydroxylation is 1. The lowest BCUT2D eigenvalue weighted by molar-refractivity contribution is -0.125. The molecule has 0 fully saturated rings. The molecule has 4 rings (SSSR count). The zero-order valence-electron chi connectivity index (χ0n) is 15.8. The van der Waals surface area contributed by atoms with Crippen molar-refractivity contribution in [1.82, 2.24) is 0 Å². The average Bonchev–Trinajstić information content (AvgIpc) is 2.73. The van der Waals surface area contributed by atoms with Gasteiger partial charge in [0.25, 0.3) is 11.8 Å². The minimum absolute atomic E-state index is 0.0977. The van der Waals surface area contributed by atoms with Crippen LogP contribution in [-0.4, -0.2) is 24.5 Å². The average molecular weight is 388 g/mol. The molecule has 0 saturated heterocycles. The van der Waals surface area contributed by atoms with Crippen LogP contribution < -0.4 is 20.1 Å². The Hall–Kier alpha value is -3.80. The van der Waals surface area contributed by atoms with Crippen molar-refractivity contribution in [3.8, 4) is 11.5 Å². The predicted molar refractivity (Wildman–Crippen MR) is 111 cm³/mol.